The number of hydrogen-bond donors (Lipinski definition) is 5. The number of aliphatic carboxylic acids is 1. The second-order valence-electron chi connectivity index (χ2n) is 14.7. The molecular formula is C30H48O6. The summed E-state index contributed by atoms with van der Waals surface area (Å²) in [6.45, 7) is 12.6. The lowest BCUT2D eigenvalue weighted by Gasteiger charge is -2.72. The summed E-state index contributed by atoms with van der Waals surface area (Å²) in [5.74, 6) is -0.834. The summed E-state index contributed by atoms with van der Waals surface area (Å²) in [6, 6.07) is 0. The highest BCUT2D eigenvalue weighted by Gasteiger charge is 2.72. The van der Waals surface area contributed by atoms with E-state index in [9.17, 15) is 30.3 Å². The van der Waals surface area contributed by atoms with Gasteiger partial charge in [0.15, 0.2) is 0 Å². The third-order valence-corrected chi connectivity index (χ3v) is 13.6. The molecule has 0 unspecified atom stereocenters. The number of aliphatic hydroxyl groups is 4. The van der Waals surface area contributed by atoms with Gasteiger partial charge in [-0.05, 0) is 92.3 Å². The summed E-state index contributed by atoms with van der Waals surface area (Å²) < 4.78 is 0. The Morgan fingerprint density at radius 1 is 1.00 bits per heavy atom. The number of fused-ring (bicyclic) bond motifs is 7. The van der Waals surface area contributed by atoms with E-state index in [-0.39, 0.29) is 40.6 Å². The lowest BCUT2D eigenvalue weighted by molar-refractivity contribution is -0.247. The Balaban J connectivity index is 1.65. The highest BCUT2D eigenvalue weighted by Crippen LogP contribution is 2.76. The number of hydrogen-bond acceptors (Lipinski definition) is 5. The molecule has 0 bridgehead atoms. The molecule has 5 rings (SSSR count). The molecule has 0 aromatic heterocycles. The van der Waals surface area contributed by atoms with E-state index in [0.717, 1.165) is 37.7 Å². The van der Waals surface area contributed by atoms with Gasteiger partial charge in [0.2, 0.25) is 0 Å². The second-order valence-corrected chi connectivity index (χ2v) is 14.7. The van der Waals surface area contributed by atoms with E-state index in [2.05, 4.69) is 33.8 Å². The Labute approximate surface area is 216 Å². The van der Waals surface area contributed by atoms with Gasteiger partial charge in [0.05, 0.1) is 29.8 Å². The van der Waals surface area contributed by atoms with Gasteiger partial charge in [-0.15, -0.1) is 0 Å². The molecule has 0 radical (unpaired) electrons. The molecule has 4 saturated carbocycles. The van der Waals surface area contributed by atoms with Crippen molar-refractivity contribution in [1.82, 2.24) is 0 Å². The molecule has 6 nitrogen and oxygen atoms in total. The molecule has 0 spiro atoms. The van der Waals surface area contributed by atoms with Crippen molar-refractivity contribution < 1.29 is 30.3 Å². The quantitative estimate of drug-likeness (QED) is 0.361. The van der Waals surface area contributed by atoms with Gasteiger partial charge in [0.1, 0.15) is 0 Å². The van der Waals surface area contributed by atoms with Gasteiger partial charge in [-0.3, -0.25) is 4.79 Å². The van der Waals surface area contributed by atoms with Crippen LogP contribution in [-0.4, -0.2) is 55.9 Å². The van der Waals surface area contributed by atoms with Crippen LogP contribution in [-0.2, 0) is 4.79 Å². The van der Waals surface area contributed by atoms with Crippen LogP contribution in [0.15, 0.2) is 11.6 Å². The average Bonchev–Trinajstić information content (AvgIpc) is 2.80. The minimum absolute atomic E-state index is 0.0252. The maximum Gasteiger partial charge on any atom is 0.310 e. The lowest BCUT2D eigenvalue weighted by Crippen LogP contribution is -2.69. The van der Waals surface area contributed by atoms with Crippen LogP contribution in [0.3, 0.4) is 0 Å². The molecule has 36 heavy (non-hydrogen) atoms. The number of aliphatic hydroxyl groups excluding tert-OH is 3. The van der Waals surface area contributed by atoms with Crippen LogP contribution >= 0.6 is 0 Å². The van der Waals surface area contributed by atoms with Gasteiger partial charge < -0.3 is 25.5 Å². The first-order valence-corrected chi connectivity index (χ1v) is 14.2. The fourth-order valence-electron chi connectivity index (χ4n) is 11.0. The molecule has 0 aliphatic heterocycles. The molecule has 0 aromatic carbocycles. The standard InChI is InChI=1S/C30H48O6/c1-17-9-12-30(24(34)35)14-13-27(4)18(22(30)29(17,6)36)7-8-21-25(2)15-19(32)23(33)26(3,16-31)20(25)10-11-28(21,27)5/h7,17,19-23,31-33,36H,8-16H2,1-6H3,(H,34,35)/t17-,19+,20-,21+,22+,23-,25-,26-,27+,28+,29+,30-/m0/s1. The monoisotopic (exact) mass is 504 g/mol. The van der Waals surface area contributed by atoms with Crippen LogP contribution in [0.5, 0.6) is 0 Å². The van der Waals surface area contributed by atoms with Crippen LogP contribution in [0.4, 0.5) is 0 Å². The molecule has 12 atom stereocenters. The van der Waals surface area contributed by atoms with E-state index >= 15 is 0 Å². The normalized spacial score (nSPS) is 58.6. The number of carboxylic acid groups (broad SMARTS) is 1. The van der Waals surface area contributed by atoms with Crippen molar-refractivity contribution >= 4 is 5.97 Å². The van der Waals surface area contributed by atoms with Crippen molar-refractivity contribution in [3.63, 3.8) is 0 Å². The summed E-state index contributed by atoms with van der Waals surface area (Å²) in [6.07, 6.45) is 6.20. The van der Waals surface area contributed by atoms with Crippen LogP contribution in [0.1, 0.15) is 92.9 Å². The molecule has 204 valence electrons. The Hall–Kier alpha value is -0.950. The predicted molar refractivity (Wildman–Crippen MR) is 137 cm³/mol. The topological polar surface area (TPSA) is 118 Å². The Morgan fingerprint density at radius 3 is 2.28 bits per heavy atom. The van der Waals surface area contributed by atoms with E-state index in [4.69, 9.17) is 0 Å². The Kier molecular flexibility index (Phi) is 5.77. The molecular weight excluding hydrogens is 456 g/mol. The van der Waals surface area contributed by atoms with Gasteiger partial charge in [-0.2, -0.15) is 0 Å². The summed E-state index contributed by atoms with van der Waals surface area (Å²) >= 11 is 0. The molecule has 6 heteroatoms. The molecule has 5 N–H and O–H groups in total. The third kappa shape index (κ3) is 2.91. The highest BCUT2D eigenvalue weighted by atomic mass is 16.4. The third-order valence-electron chi connectivity index (χ3n) is 13.6. The number of rotatable bonds is 2. The van der Waals surface area contributed by atoms with E-state index < -0.39 is 40.5 Å². The van der Waals surface area contributed by atoms with E-state index in [1.165, 1.54) is 0 Å². The van der Waals surface area contributed by atoms with Gasteiger partial charge in [-0.1, -0.05) is 46.3 Å². The molecule has 0 saturated heterocycles. The number of carbonyl (C=O) groups is 1. The largest absolute Gasteiger partial charge is 0.481 e. The van der Waals surface area contributed by atoms with Crippen molar-refractivity contribution in [1.29, 1.82) is 0 Å². The zero-order valence-electron chi connectivity index (χ0n) is 23.0. The van der Waals surface area contributed by atoms with Crippen LogP contribution < -0.4 is 0 Å². The minimum Gasteiger partial charge on any atom is -0.481 e. The maximum atomic E-state index is 12.8. The van der Waals surface area contributed by atoms with Crippen LogP contribution in [0.25, 0.3) is 0 Å². The van der Waals surface area contributed by atoms with Gasteiger partial charge >= 0.3 is 5.97 Å². The van der Waals surface area contributed by atoms with Gasteiger partial charge in [0.25, 0.3) is 0 Å². The number of allylic oxidation sites excluding steroid dienone is 1. The number of carboxylic acids is 1. The molecule has 0 heterocycles. The zero-order valence-corrected chi connectivity index (χ0v) is 23.0. The van der Waals surface area contributed by atoms with Crippen molar-refractivity contribution in [2.24, 2.45) is 50.7 Å². The van der Waals surface area contributed by atoms with E-state index in [1.807, 2.05) is 13.8 Å². The second kappa shape index (κ2) is 7.80. The first-order valence-electron chi connectivity index (χ1n) is 14.2. The Morgan fingerprint density at radius 2 is 1.67 bits per heavy atom. The van der Waals surface area contributed by atoms with Crippen LogP contribution in [0, 0.1) is 50.7 Å². The summed E-state index contributed by atoms with van der Waals surface area (Å²) in [5, 5.41) is 54.8. The average molecular weight is 505 g/mol. The summed E-state index contributed by atoms with van der Waals surface area (Å²) in [5.41, 5.74) is -2.28. The molecule has 5 aliphatic rings. The van der Waals surface area contributed by atoms with Crippen molar-refractivity contribution in [2.75, 3.05) is 6.61 Å². The van der Waals surface area contributed by atoms with Crippen LogP contribution in [0.2, 0.25) is 0 Å². The minimum atomic E-state index is -1.09. The SMILES string of the molecule is C[C@H]1CC[C@]2(C(=O)O)CC[C@]3(C)C(=CC[C@@H]4[C@@]5(C)C[C@@H](O)[C@H](O)[C@@](C)(CO)[C@H]5CC[C@]43C)[C@@H]2[C@]1(C)O. The molecule has 0 amide bonds. The lowest BCUT2D eigenvalue weighted by atomic mass is 9.33. The fraction of sp³-hybridized carbons (Fsp3) is 0.900. The van der Waals surface area contributed by atoms with E-state index in [0.29, 0.717) is 19.3 Å². The highest BCUT2D eigenvalue weighted by molar-refractivity contribution is 5.77. The maximum absolute atomic E-state index is 12.8. The molecule has 0 aromatic rings. The first-order chi connectivity index (χ1) is 16.6. The van der Waals surface area contributed by atoms with E-state index in [1.54, 1.807) is 0 Å². The van der Waals surface area contributed by atoms with Gasteiger partial charge in [-0.25, -0.2) is 0 Å². The smallest absolute Gasteiger partial charge is 0.310 e. The molecule has 5 aliphatic carbocycles. The van der Waals surface area contributed by atoms with Gasteiger partial charge in [0, 0.05) is 11.3 Å². The van der Waals surface area contributed by atoms with Crippen molar-refractivity contribution in [2.45, 2.75) is 111 Å². The Bertz CT molecular complexity index is 974. The predicted octanol–water partition coefficient (Wildman–Crippen LogP) is 4.15. The summed E-state index contributed by atoms with van der Waals surface area (Å²) in [4.78, 5) is 12.8. The molecule has 4 fully saturated rings. The van der Waals surface area contributed by atoms with Crippen molar-refractivity contribution in [3.05, 3.63) is 11.6 Å². The fourth-order valence-corrected chi connectivity index (χ4v) is 11.0. The van der Waals surface area contributed by atoms with Crippen molar-refractivity contribution in [3.8, 4) is 0 Å². The summed E-state index contributed by atoms with van der Waals surface area (Å²) in [7, 11) is 0. The first kappa shape index (κ1) is 26.6. The zero-order chi connectivity index (χ0) is 26.7.